The maximum Gasteiger partial charge on any atom is 0.156 e. The molecular formula is C19H20Cl2N4. The van der Waals surface area contributed by atoms with Gasteiger partial charge in [0.05, 0.1) is 21.4 Å². The van der Waals surface area contributed by atoms with Crippen LogP contribution < -0.4 is 5.32 Å². The van der Waals surface area contributed by atoms with Crippen LogP contribution in [0.25, 0.3) is 16.9 Å². The quantitative estimate of drug-likeness (QED) is 0.751. The van der Waals surface area contributed by atoms with E-state index in [1.807, 2.05) is 10.6 Å². The number of piperazine rings is 1. The van der Waals surface area contributed by atoms with E-state index in [2.05, 4.69) is 41.4 Å². The SMILES string of the molecule is Cc1ccc(-c2nc3c(Cl)cc(Cl)cn3c2CN2CCNCC2)cc1. The van der Waals surface area contributed by atoms with E-state index in [-0.39, 0.29) is 0 Å². The number of halogens is 2. The first-order valence-electron chi connectivity index (χ1n) is 8.48. The number of aryl methyl sites for hydroxylation is 1. The van der Waals surface area contributed by atoms with Gasteiger partial charge in [-0.25, -0.2) is 4.98 Å². The molecule has 0 amide bonds. The van der Waals surface area contributed by atoms with Crippen molar-refractivity contribution in [1.29, 1.82) is 0 Å². The number of hydrogen-bond acceptors (Lipinski definition) is 3. The first kappa shape index (κ1) is 16.9. The molecule has 0 saturated carbocycles. The van der Waals surface area contributed by atoms with Crippen LogP contribution in [-0.2, 0) is 6.54 Å². The molecule has 0 spiro atoms. The van der Waals surface area contributed by atoms with Gasteiger partial charge in [0, 0.05) is 44.5 Å². The van der Waals surface area contributed by atoms with E-state index in [1.54, 1.807) is 6.07 Å². The van der Waals surface area contributed by atoms with Gasteiger partial charge in [-0.05, 0) is 13.0 Å². The summed E-state index contributed by atoms with van der Waals surface area (Å²) in [7, 11) is 0. The Bertz CT molecular complexity index is 896. The number of imidazole rings is 1. The van der Waals surface area contributed by atoms with Crippen LogP contribution in [0.1, 0.15) is 11.3 Å². The summed E-state index contributed by atoms with van der Waals surface area (Å²) in [6, 6.07) is 10.2. The van der Waals surface area contributed by atoms with E-state index in [9.17, 15) is 0 Å². The average molecular weight is 375 g/mol. The van der Waals surface area contributed by atoms with Gasteiger partial charge in [-0.1, -0.05) is 53.0 Å². The van der Waals surface area contributed by atoms with Crippen molar-refractivity contribution in [2.75, 3.05) is 26.2 Å². The summed E-state index contributed by atoms with van der Waals surface area (Å²) in [5, 5.41) is 4.59. The first-order valence-corrected chi connectivity index (χ1v) is 9.23. The monoisotopic (exact) mass is 374 g/mol. The van der Waals surface area contributed by atoms with Gasteiger partial charge in [-0.2, -0.15) is 0 Å². The Labute approximate surface area is 157 Å². The maximum absolute atomic E-state index is 6.41. The number of benzene rings is 1. The Morgan fingerprint density at radius 1 is 1.12 bits per heavy atom. The molecule has 0 aliphatic carbocycles. The van der Waals surface area contributed by atoms with E-state index in [0.717, 1.165) is 55.3 Å². The molecule has 6 heteroatoms. The molecular weight excluding hydrogens is 355 g/mol. The molecule has 0 atom stereocenters. The summed E-state index contributed by atoms with van der Waals surface area (Å²) < 4.78 is 2.04. The molecule has 1 aliphatic heterocycles. The number of rotatable bonds is 3. The first-order chi connectivity index (χ1) is 12.1. The minimum absolute atomic E-state index is 0.576. The molecule has 1 N–H and O–H groups in total. The van der Waals surface area contributed by atoms with Crippen LogP contribution in [0, 0.1) is 6.92 Å². The lowest BCUT2D eigenvalue weighted by atomic mass is 10.1. The van der Waals surface area contributed by atoms with Crippen molar-refractivity contribution in [3.8, 4) is 11.3 Å². The number of pyridine rings is 1. The predicted molar refractivity (Wildman–Crippen MR) is 104 cm³/mol. The van der Waals surface area contributed by atoms with Crippen molar-refractivity contribution >= 4 is 28.8 Å². The normalized spacial score (nSPS) is 15.8. The minimum atomic E-state index is 0.576. The largest absolute Gasteiger partial charge is 0.314 e. The van der Waals surface area contributed by atoms with Crippen LogP contribution in [0.2, 0.25) is 10.0 Å². The topological polar surface area (TPSA) is 32.6 Å². The molecule has 3 aromatic rings. The highest BCUT2D eigenvalue weighted by Gasteiger charge is 2.20. The molecule has 2 aromatic heterocycles. The van der Waals surface area contributed by atoms with Gasteiger partial charge in [0.15, 0.2) is 5.65 Å². The third-order valence-corrected chi connectivity index (χ3v) is 5.13. The third-order valence-electron chi connectivity index (χ3n) is 4.65. The fourth-order valence-corrected chi connectivity index (χ4v) is 3.81. The lowest BCUT2D eigenvalue weighted by molar-refractivity contribution is 0.230. The zero-order valence-corrected chi connectivity index (χ0v) is 15.6. The fraction of sp³-hybridized carbons (Fsp3) is 0.316. The lowest BCUT2D eigenvalue weighted by Gasteiger charge is -2.27. The Hall–Kier alpha value is -1.59. The fourth-order valence-electron chi connectivity index (χ4n) is 3.29. The van der Waals surface area contributed by atoms with Crippen molar-refractivity contribution in [1.82, 2.24) is 19.6 Å². The summed E-state index contributed by atoms with van der Waals surface area (Å²) in [4.78, 5) is 7.29. The molecule has 3 heterocycles. The third kappa shape index (κ3) is 3.40. The summed E-state index contributed by atoms with van der Waals surface area (Å²) in [5.41, 5.74) is 5.20. The van der Waals surface area contributed by atoms with Gasteiger partial charge >= 0.3 is 0 Å². The van der Waals surface area contributed by atoms with Crippen LogP contribution in [0.4, 0.5) is 0 Å². The Balaban J connectivity index is 1.86. The van der Waals surface area contributed by atoms with Crippen molar-refractivity contribution in [2.45, 2.75) is 13.5 Å². The highest BCUT2D eigenvalue weighted by molar-refractivity contribution is 6.36. The van der Waals surface area contributed by atoms with E-state index < -0.39 is 0 Å². The Morgan fingerprint density at radius 2 is 1.84 bits per heavy atom. The second-order valence-corrected chi connectivity index (χ2v) is 7.34. The van der Waals surface area contributed by atoms with Crippen LogP contribution in [0.5, 0.6) is 0 Å². The standard InChI is InChI=1S/C19H20Cl2N4/c1-13-2-4-14(5-3-13)18-17(12-24-8-6-22-7-9-24)25-11-15(20)10-16(21)19(25)23-18/h2-5,10-11,22H,6-9,12H2,1H3. The molecule has 0 unspecified atom stereocenters. The molecule has 0 radical (unpaired) electrons. The molecule has 1 fully saturated rings. The van der Waals surface area contributed by atoms with Crippen molar-refractivity contribution in [3.63, 3.8) is 0 Å². The number of aromatic nitrogens is 2. The summed E-state index contributed by atoms with van der Waals surface area (Å²) in [5.74, 6) is 0. The van der Waals surface area contributed by atoms with E-state index in [1.165, 1.54) is 5.56 Å². The van der Waals surface area contributed by atoms with Crippen molar-refractivity contribution < 1.29 is 0 Å². The Kier molecular flexibility index (Phi) is 4.69. The average Bonchev–Trinajstić information content (AvgIpc) is 2.95. The summed E-state index contributed by atoms with van der Waals surface area (Å²) >= 11 is 12.7. The zero-order valence-electron chi connectivity index (χ0n) is 14.1. The molecule has 0 bridgehead atoms. The maximum atomic E-state index is 6.41. The van der Waals surface area contributed by atoms with Gasteiger partial charge in [-0.15, -0.1) is 0 Å². The second-order valence-electron chi connectivity index (χ2n) is 6.50. The van der Waals surface area contributed by atoms with Crippen molar-refractivity contribution in [3.05, 3.63) is 57.8 Å². The van der Waals surface area contributed by atoms with Gasteiger partial charge in [0.25, 0.3) is 0 Å². The van der Waals surface area contributed by atoms with Gasteiger partial charge in [-0.3, -0.25) is 9.30 Å². The zero-order chi connectivity index (χ0) is 17.4. The Morgan fingerprint density at radius 3 is 2.56 bits per heavy atom. The highest BCUT2D eigenvalue weighted by atomic mass is 35.5. The van der Waals surface area contributed by atoms with E-state index in [4.69, 9.17) is 28.2 Å². The number of nitrogens with one attached hydrogen (secondary N) is 1. The predicted octanol–water partition coefficient (Wildman–Crippen LogP) is 4.02. The molecule has 1 aliphatic rings. The van der Waals surface area contributed by atoms with Crippen LogP contribution in [-0.4, -0.2) is 40.5 Å². The van der Waals surface area contributed by atoms with Gasteiger partial charge in [0.2, 0.25) is 0 Å². The van der Waals surface area contributed by atoms with Crippen LogP contribution >= 0.6 is 23.2 Å². The molecule has 4 nitrogen and oxygen atoms in total. The van der Waals surface area contributed by atoms with Crippen LogP contribution in [0.15, 0.2) is 36.5 Å². The van der Waals surface area contributed by atoms with Crippen molar-refractivity contribution in [2.24, 2.45) is 0 Å². The highest BCUT2D eigenvalue weighted by Crippen LogP contribution is 2.30. The minimum Gasteiger partial charge on any atom is -0.314 e. The van der Waals surface area contributed by atoms with Crippen LogP contribution in [0.3, 0.4) is 0 Å². The number of nitrogens with zero attached hydrogens (tertiary/aromatic N) is 3. The van der Waals surface area contributed by atoms with E-state index >= 15 is 0 Å². The molecule has 1 aromatic carbocycles. The molecule has 4 rings (SSSR count). The number of fused-ring (bicyclic) bond motifs is 1. The number of hydrogen-bond donors (Lipinski definition) is 1. The second kappa shape index (κ2) is 6.96. The van der Waals surface area contributed by atoms with Gasteiger partial charge < -0.3 is 5.32 Å². The van der Waals surface area contributed by atoms with Gasteiger partial charge in [0.1, 0.15) is 0 Å². The molecule has 1 saturated heterocycles. The summed E-state index contributed by atoms with van der Waals surface area (Å²) in [6.07, 6.45) is 1.91. The lowest BCUT2D eigenvalue weighted by Crippen LogP contribution is -2.43. The summed E-state index contributed by atoms with van der Waals surface area (Å²) in [6.45, 7) is 6.98. The molecule has 130 valence electrons. The molecule has 25 heavy (non-hydrogen) atoms. The van der Waals surface area contributed by atoms with E-state index in [0.29, 0.717) is 10.0 Å². The smallest absolute Gasteiger partial charge is 0.156 e.